The highest BCUT2D eigenvalue weighted by Crippen LogP contribution is 2.32. The van der Waals surface area contributed by atoms with Crippen LogP contribution in [0.25, 0.3) is 16.6 Å². The van der Waals surface area contributed by atoms with E-state index in [0.29, 0.717) is 11.3 Å². The summed E-state index contributed by atoms with van der Waals surface area (Å²) in [5.41, 5.74) is 9.29. The first-order chi connectivity index (χ1) is 16.4. The monoisotopic (exact) mass is 472 g/mol. The van der Waals surface area contributed by atoms with Crippen molar-refractivity contribution in [3.8, 4) is 11.4 Å². The number of aromatic nitrogens is 1. The van der Waals surface area contributed by atoms with Crippen molar-refractivity contribution in [2.45, 2.75) is 13.8 Å². The number of hydrogen-bond acceptors (Lipinski definition) is 4. The number of thiocarbonyl (C=S) groups is 1. The molecule has 7 nitrogen and oxygen atoms in total. The normalized spacial score (nSPS) is 10.5. The molecule has 0 atom stereocenters. The molecule has 0 radical (unpaired) electrons. The zero-order valence-corrected chi connectivity index (χ0v) is 19.6. The minimum atomic E-state index is -0.401. The van der Waals surface area contributed by atoms with Crippen LogP contribution < -0.4 is 20.9 Å². The zero-order valence-electron chi connectivity index (χ0n) is 18.8. The average molecular weight is 473 g/mol. The molecule has 172 valence electrons. The van der Waals surface area contributed by atoms with E-state index in [0.717, 1.165) is 28.0 Å². The highest BCUT2D eigenvalue weighted by Gasteiger charge is 2.19. The molecule has 34 heavy (non-hydrogen) atoms. The second-order valence-electron chi connectivity index (χ2n) is 7.65. The molecule has 0 unspecified atom stereocenters. The van der Waals surface area contributed by atoms with Gasteiger partial charge in [-0.3, -0.25) is 20.4 Å². The molecular weight excluding hydrogens is 448 g/mol. The van der Waals surface area contributed by atoms with Crippen LogP contribution in [0.15, 0.2) is 78.9 Å². The maximum Gasteiger partial charge on any atom is 0.276 e. The third kappa shape index (κ3) is 5.07. The fourth-order valence-corrected chi connectivity index (χ4v) is 4.01. The Hall–Kier alpha value is -4.17. The molecule has 1 aromatic heterocycles. The van der Waals surface area contributed by atoms with Gasteiger partial charge in [0.15, 0.2) is 17.5 Å². The lowest BCUT2D eigenvalue weighted by Crippen LogP contribution is -2.45. The number of fused-ring (bicyclic) bond motifs is 1. The summed E-state index contributed by atoms with van der Waals surface area (Å²) >= 11 is 5.17. The van der Waals surface area contributed by atoms with Crippen LogP contribution in [0.5, 0.6) is 5.75 Å². The third-order valence-electron chi connectivity index (χ3n) is 5.26. The van der Waals surface area contributed by atoms with Crippen LogP contribution >= 0.6 is 12.2 Å². The number of nitrogens with one attached hydrogen (secondary N) is 3. The molecule has 0 spiro atoms. The Morgan fingerprint density at radius 2 is 1.62 bits per heavy atom. The Morgan fingerprint density at radius 1 is 0.941 bits per heavy atom. The SMILES string of the molecule is CC(=O)c1c(C)n(-c2ccccc2)c2ccc(OCC(=O)NNC(=S)Nc3ccccc3)cc12. The van der Waals surface area contributed by atoms with E-state index in [-0.39, 0.29) is 17.5 Å². The van der Waals surface area contributed by atoms with Gasteiger partial charge >= 0.3 is 0 Å². The van der Waals surface area contributed by atoms with E-state index in [1.165, 1.54) is 0 Å². The number of nitrogens with zero attached hydrogens (tertiary/aromatic N) is 1. The number of para-hydroxylation sites is 2. The van der Waals surface area contributed by atoms with E-state index in [4.69, 9.17) is 17.0 Å². The van der Waals surface area contributed by atoms with E-state index in [1.807, 2.05) is 78.2 Å². The summed E-state index contributed by atoms with van der Waals surface area (Å²) in [7, 11) is 0. The highest BCUT2D eigenvalue weighted by molar-refractivity contribution is 7.80. The first-order valence-electron chi connectivity index (χ1n) is 10.7. The minimum absolute atomic E-state index is 0.0318. The molecule has 3 N–H and O–H groups in total. The van der Waals surface area contributed by atoms with Crippen LogP contribution in [0.3, 0.4) is 0 Å². The lowest BCUT2D eigenvalue weighted by atomic mass is 10.1. The highest BCUT2D eigenvalue weighted by atomic mass is 32.1. The maximum atomic E-state index is 12.4. The van der Waals surface area contributed by atoms with E-state index in [2.05, 4.69) is 16.2 Å². The standard InChI is InChI=1S/C26H24N4O3S/c1-17-25(18(2)31)22-15-21(13-14-23(22)30(17)20-11-7-4-8-12-20)33-16-24(32)28-29-26(34)27-19-9-5-3-6-10-19/h3-15H,16H2,1-2H3,(H,28,32)(H2,27,29,34). The molecule has 0 bridgehead atoms. The molecule has 4 aromatic rings. The van der Waals surface area contributed by atoms with Crippen LogP contribution in [0.4, 0.5) is 5.69 Å². The van der Waals surface area contributed by atoms with Gasteiger partial charge in [0, 0.05) is 28.0 Å². The van der Waals surface area contributed by atoms with E-state index >= 15 is 0 Å². The lowest BCUT2D eigenvalue weighted by Gasteiger charge is -2.12. The van der Waals surface area contributed by atoms with Gasteiger partial charge in [0.1, 0.15) is 5.75 Å². The molecule has 0 saturated heterocycles. The zero-order chi connectivity index (χ0) is 24.1. The van der Waals surface area contributed by atoms with E-state index in [9.17, 15) is 9.59 Å². The smallest absolute Gasteiger partial charge is 0.276 e. The summed E-state index contributed by atoms with van der Waals surface area (Å²) in [6, 6.07) is 24.7. The van der Waals surface area contributed by atoms with E-state index in [1.54, 1.807) is 19.1 Å². The predicted octanol–water partition coefficient (Wildman–Crippen LogP) is 4.54. The lowest BCUT2D eigenvalue weighted by molar-refractivity contribution is -0.123. The molecule has 0 aliphatic carbocycles. The van der Waals surface area contributed by atoms with Gasteiger partial charge in [-0.15, -0.1) is 0 Å². The van der Waals surface area contributed by atoms with Gasteiger partial charge < -0.3 is 14.6 Å². The average Bonchev–Trinajstić information content (AvgIpc) is 3.13. The summed E-state index contributed by atoms with van der Waals surface area (Å²) in [5.74, 6) is 0.0539. The molecule has 1 heterocycles. The van der Waals surface area contributed by atoms with Gasteiger partial charge in [-0.1, -0.05) is 36.4 Å². The fraction of sp³-hybridized carbons (Fsp3) is 0.115. The Bertz CT molecular complexity index is 1350. The molecular formula is C26H24N4O3S. The Kier molecular flexibility index (Phi) is 6.89. The summed E-state index contributed by atoms with van der Waals surface area (Å²) in [6.07, 6.45) is 0. The second-order valence-corrected chi connectivity index (χ2v) is 8.06. The van der Waals surface area contributed by atoms with Crippen LogP contribution in [0, 0.1) is 6.92 Å². The van der Waals surface area contributed by atoms with Crippen LogP contribution in [0.1, 0.15) is 23.0 Å². The van der Waals surface area contributed by atoms with Gasteiger partial charge in [0.2, 0.25) is 0 Å². The van der Waals surface area contributed by atoms with Crippen molar-refractivity contribution in [2.24, 2.45) is 0 Å². The Labute approximate surface area is 202 Å². The topological polar surface area (TPSA) is 84.4 Å². The molecule has 4 rings (SSSR count). The van der Waals surface area contributed by atoms with Crippen LogP contribution in [0.2, 0.25) is 0 Å². The van der Waals surface area contributed by atoms with Crippen LogP contribution in [-0.2, 0) is 4.79 Å². The number of hydrazine groups is 1. The molecule has 0 aliphatic heterocycles. The van der Waals surface area contributed by atoms with Gasteiger partial charge in [-0.25, -0.2) is 0 Å². The Balaban J connectivity index is 1.45. The van der Waals surface area contributed by atoms with Crippen molar-refractivity contribution in [3.05, 3.63) is 90.1 Å². The number of ether oxygens (including phenoxy) is 1. The molecule has 8 heteroatoms. The number of ketones is 1. The third-order valence-corrected chi connectivity index (χ3v) is 5.46. The quantitative estimate of drug-likeness (QED) is 0.217. The van der Waals surface area contributed by atoms with Crippen molar-refractivity contribution >= 4 is 45.6 Å². The summed E-state index contributed by atoms with van der Waals surface area (Å²) < 4.78 is 7.73. The molecule has 0 saturated carbocycles. The number of anilines is 1. The minimum Gasteiger partial charge on any atom is -0.484 e. The number of rotatable bonds is 6. The summed E-state index contributed by atoms with van der Waals surface area (Å²) in [5, 5.41) is 3.99. The largest absolute Gasteiger partial charge is 0.484 e. The summed E-state index contributed by atoms with van der Waals surface area (Å²) in [4.78, 5) is 24.6. The first kappa shape index (κ1) is 23.0. The van der Waals surface area contributed by atoms with Gasteiger partial charge in [-0.05, 0) is 68.5 Å². The predicted molar refractivity (Wildman–Crippen MR) is 137 cm³/mol. The van der Waals surface area contributed by atoms with Crippen molar-refractivity contribution in [1.29, 1.82) is 0 Å². The number of amides is 1. The maximum absolute atomic E-state index is 12.4. The molecule has 0 aliphatic rings. The van der Waals surface area contributed by atoms with Crippen molar-refractivity contribution in [3.63, 3.8) is 0 Å². The van der Waals surface area contributed by atoms with Gasteiger partial charge in [0.25, 0.3) is 5.91 Å². The molecule has 3 aromatic carbocycles. The van der Waals surface area contributed by atoms with E-state index < -0.39 is 5.91 Å². The number of benzene rings is 3. The summed E-state index contributed by atoms with van der Waals surface area (Å²) in [6.45, 7) is 3.26. The van der Waals surface area contributed by atoms with Gasteiger partial charge in [0.05, 0.1) is 5.52 Å². The molecule has 1 amide bonds. The Morgan fingerprint density at radius 3 is 2.29 bits per heavy atom. The number of carbonyl (C=O) groups excluding carboxylic acids is 2. The molecule has 0 fully saturated rings. The van der Waals surface area contributed by atoms with Gasteiger partial charge in [-0.2, -0.15) is 0 Å². The van der Waals surface area contributed by atoms with Crippen molar-refractivity contribution in [1.82, 2.24) is 15.4 Å². The number of carbonyl (C=O) groups is 2. The van der Waals surface area contributed by atoms with Crippen molar-refractivity contribution < 1.29 is 14.3 Å². The van der Waals surface area contributed by atoms with Crippen molar-refractivity contribution in [2.75, 3.05) is 11.9 Å². The number of hydrogen-bond donors (Lipinski definition) is 3. The second kappa shape index (κ2) is 10.2. The fourth-order valence-electron chi connectivity index (χ4n) is 3.84. The number of Topliss-reactive ketones (excluding diaryl/α,β-unsaturated/α-hetero) is 1. The van der Waals surface area contributed by atoms with Crippen LogP contribution in [-0.4, -0.2) is 28.0 Å². The first-order valence-corrected chi connectivity index (χ1v) is 11.1.